The van der Waals surface area contributed by atoms with E-state index < -0.39 is 0 Å². The second-order valence-electron chi connectivity index (χ2n) is 7.15. The molecule has 3 heterocycles. The maximum atomic E-state index is 12.7. The van der Waals surface area contributed by atoms with Gasteiger partial charge in [0.05, 0.1) is 12.1 Å². The minimum atomic E-state index is 0.165. The highest BCUT2D eigenvalue weighted by Gasteiger charge is 2.22. The van der Waals surface area contributed by atoms with E-state index in [4.69, 9.17) is 0 Å². The SMILES string of the molecule is Cc1ccccc1CN1CCN(C(=O)Cc2csc(-c3cccnc3)n2)CC1. The van der Waals surface area contributed by atoms with Crippen LogP contribution in [0.5, 0.6) is 0 Å². The van der Waals surface area contributed by atoms with Crippen molar-refractivity contribution in [2.24, 2.45) is 0 Å². The Bertz CT molecular complexity index is 932. The predicted molar refractivity (Wildman–Crippen MR) is 112 cm³/mol. The molecule has 28 heavy (non-hydrogen) atoms. The first-order valence-corrected chi connectivity index (χ1v) is 10.5. The third-order valence-electron chi connectivity index (χ3n) is 5.17. The molecule has 1 saturated heterocycles. The summed E-state index contributed by atoms with van der Waals surface area (Å²) in [7, 11) is 0. The molecule has 3 aromatic rings. The first kappa shape index (κ1) is 18.8. The Kier molecular flexibility index (Phi) is 5.78. The fraction of sp³-hybridized carbons (Fsp3) is 0.318. The summed E-state index contributed by atoms with van der Waals surface area (Å²) in [6.07, 6.45) is 3.92. The molecule has 0 aliphatic carbocycles. The number of nitrogens with zero attached hydrogens (tertiary/aromatic N) is 4. The zero-order chi connectivity index (χ0) is 19.3. The zero-order valence-corrected chi connectivity index (χ0v) is 16.9. The Morgan fingerprint density at radius 2 is 1.93 bits per heavy atom. The predicted octanol–water partition coefficient (Wildman–Crippen LogP) is 3.40. The molecule has 2 aromatic heterocycles. The molecule has 144 valence electrons. The molecule has 0 spiro atoms. The molecule has 0 unspecified atom stereocenters. The van der Waals surface area contributed by atoms with E-state index in [1.807, 2.05) is 22.4 Å². The van der Waals surface area contributed by atoms with Crippen molar-refractivity contribution in [1.82, 2.24) is 19.8 Å². The summed E-state index contributed by atoms with van der Waals surface area (Å²) in [4.78, 5) is 25.8. The Morgan fingerprint density at radius 3 is 2.68 bits per heavy atom. The zero-order valence-electron chi connectivity index (χ0n) is 16.0. The number of benzene rings is 1. The number of carbonyl (C=O) groups is 1. The summed E-state index contributed by atoms with van der Waals surface area (Å²) in [5, 5.41) is 2.90. The van der Waals surface area contributed by atoms with Crippen molar-refractivity contribution in [1.29, 1.82) is 0 Å². The van der Waals surface area contributed by atoms with Crippen LogP contribution in [0.15, 0.2) is 54.2 Å². The smallest absolute Gasteiger partial charge is 0.228 e. The highest BCUT2D eigenvalue weighted by molar-refractivity contribution is 7.13. The lowest BCUT2D eigenvalue weighted by atomic mass is 10.1. The summed E-state index contributed by atoms with van der Waals surface area (Å²) < 4.78 is 0. The van der Waals surface area contributed by atoms with Crippen molar-refractivity contribution in [3.8, 4) is 10.6 Å². The molecular formula is C22H24N4OS. The summed E-state index contributed by atoms with van der Waals surface area (Å²) in [6, 6.07) is 12.4. The van der Waals surface area contributed by atoms with Crippen molar-refractivity contribution in [2.45, 2.75) is 19.9 Å². The molecule has 1 aliphatic heterocycles. The number of amides is 1. The van der Waals surface area contributed by atoms with Crippen molar-refractivity contribution in [3.05, 3.63) is 71.0 Å². The first-order valence-electron chi connectivity index (χ1n) is 9.58. The quantitative estimate of drug-likeness (QED) is 0.668. The molecule has 0 atom stereocenters. The van der Waals surface area contributed by atoms with Crippen LogP contribution in [0.4, 0.5) is 0 Å². The minimum Gasteiger partial charge on any atom is -0.340 e. The van der Waals surface area contributed by atoms with Crippen molar-refractivity contribution in [2.75, 3.05) is 26.2 Å². The number of carbonyl (C=O) groups excluding carboxylic acids is 1. The monoisotopic (exact) mass is 392 g/mol. The molecule has 0 bridgehead atoms. The fourth-order valence-corrected chi connectivity index (χ4v) is 4.27. The third kappa shape index (κ3) is 4.46. The highest BCUT2D eigenvalue weighted by atomic mass is 32.1. The molecule has 4 rings (SSSR count). The van der Waals surface area contributed by atoms with E-state index in [2.05, 4.69) is 46.1 Å². The number of piperazine rings is 1. The van der Waals surface area contributed by atoms with E-state index in [0.717, 1.165) is 49.0 Å². The van der Waals surface area contributed by atoms with Gasteiger partial charge in [-0.3, -0.25) is 14.7 Å². The van der Waals surface area contributed by atoms with Crippen molar-refractivity contribution >= 4 is 17.2 Å². The van der Waals surface area contributed by atoms with Crippen LogP contribution in [0.1, 0.15) is 16.8 Å². The van der Waals surface area contributed by atoms with Crippen LogP contribution in [0.25, 0.3) is 10.6 Å². The van der Waals surface area contributed by atoms with Crippen LogP contribution in [-0.2, 0) is 17.8 Å². The van der Waals surface area contributed by atoms with Gasteiger partial charge in [0.25, 0.3) is 0 Å². The van der Waals surface area contributed by atoms with E-state index >= 15 is 0 Å². The Labute approximate surface area is 169 Å². The van der Waals surface area contributed by atoms with Crippen LogP contribution in [-0.4, -0.2) is 51.9 Å². The highest BCUT2D eigenvalue weighted by Crippen LogP contribution is 2.23. The number of pyridine rings is 1. The average Bonchev–Trinajstić information content (AvgIpc) is 3.19. The summed E-state index contributed by atoms with van der Waals surface area (Å²) in [6.45, 7) is 6.50. The van der Waals surface area contributed by atoms with Gasteiger partial charge in [0.1, 0.15) is 5.01 Å². The van der Waals surface area contributed by atoms with Gasteiger partial charge >= 0.3 is 0 Å². The maximum absolute atomic E-state index is 12.7. The molecule has 0 radical (unpaired) electrons. The number of rotatable bonds is 5. The topological polar surface area (TPSA) is 49.3 Å². The molecule has 0 N–H and O–H groups in total. The van der Waals surface area contributed by atoms with Gasteiger partial charge in [-0.25, -0.2) is 4.98 Å². The molecule has 1 fully saturated rings. The van der Waals surface area contributed by atoms with E-state index in [1.165, 1.54) is 11.1 Å². The molecule has 1 aromatic carbocycles. The molecule has 1 aliphatic rings. The number of aromatic nitrogens is 2. The van der Waals surface area contributed by atoms with E-state index in [1.54, 1.807) is 23.7 Å². The van der Waals surface area contributed by atoms with Crippen molar-refractivity contribution in [3.63, 3.8) is 0 Å². The van der Waals surface area contributed by atoms with E-state index in [9.17, 15) is 4.79 Å². The van der Waals surface area contributed by atoms with Gasteiger partial charge in [0.15, 0.2) is 0 Å². The van der Waals surface area contributed by atoms with E-state index in [-0.39, 0.29) is 5.91 Å². The van der Waals surface area contributed by atoms with Crippen LogP contribution in [0, 0.1) is 6.92 Å². The van der Waals surface area contributed by atoms with Crippen LogP contribution in [0.3, 0.4) is 0 Å². The van der Waals surface area contributed by atoms with Gasteiger partial charge < -0.3 is 4.90 Å². The number of aryl methyl sites for hydroxylation is 1. The van der Waals surface area contributed by atoms with Gasteiger partial charge in [-0.05, 0) is 30.2 Å². The second kappa shape index (κ2) is 8.63. The lowest BCUT2D eigenvalue weighted by molar-refractivity contribution is -0.132. The van der Waals surface area contributed by atoms with Gasteiger partial charge in [-0.1, -0.05) is 24.3 Å². The molecule has 5 nitrogen and oxygen atoms in total. The standard InChI is InChI=1S/C22H24N4OS/c1-17-5-2-3-6-19(17)15-25-9-11-26(12-10-25)21(27)13-20-16-28-22(24-20)18-7-4-8-23-14-18/h2-8,14,16H,9-13,15H2,1H3. The van der Waals surface area contributed by atoms with Crippen LogP contribution >= 0.6 is 11.3 Å². The molecule has 6 heteroatoms. The minimum absolute atomic E-state index is 0.165. The van der Waals surface area contributed by atoms with Gasteiger partial charge in [0.2, 0.25) is 5.91 Å². The normalized spacial score (nSPS) is 15.0. The molecule has 0 saturated carbocycles. The number of thiazole rings is 1. The largest absolute Gasteiger partial charge is 0.340 e. The number of hydrogen-bond donors (Lipinski definition) is 0. The van der Waals surface area contributed by atoms with Crippen LogP contribution in [0.2, 0.25) is 0 Å². The van der Waals surface area contributed by atoms with Gasteiger partial charge in [-0.15, -0.1) is 11.3 Å². The number of hydrogen-bond acceptors (Lipinski definition) is 5. The van der Waals surface area contributed by atoms with Gasteiger partial charge in [0, 0.05) is 56.1 Å². The van der Waals surface area contributed by atoms with E-state index in [0.29, 0.717) is 6.42 Å². The fourth-order valence-electron chi connectivity index (χ4n) is 3.46. The van der Waals surface area contributed by atoms with Crippen molar-refractivity contribution < 1.29 is 4.79 Å². The Morgan fingerprint density at radius 1 is 1.11 bits per heavy atom. The summed E-state index contributed by atoms with van der Waals surface area (Å²) in [5.74, 6) is 0.165. The Balaban J connectivity index is 1.30. The first-order chi connectivity index (χ1) is 13.7. The summed E-state index contributed by atoms with van der Waals surface area (Å²) in [5.41, 5.74) is 4.54. The molecular weight excluding hydrogens is 368 g/mol. The average molecular weight is 393 g/mol. The lowest BCUT2D eigenvalue weighted by Crippen LogP contribution is -2.48. The van der Waals surface area contributed by atoms with Crippen LogP contribution < -0.4 is 0 Å². The third-order valence-corrected chi connectivity index (χ3v) is 6.11. The molecule has 1 amide bonds. The summed E-state index contributed by atoms with van der Waals surface area (Å²) >= 11 is 1.56. The maximum Gasteiger partial charge on any atom is 0.228 e. The lowest BCUT2D eigenvalue weighted by Gasteiger charge is -2.35. The van der Waals surface area contributed by atoms with Gasteiger partial charge in [-0.2, -0.15) is 0 Å². The second-order valence-corrected chi connectivity index (χ2v) is 8.00. The Hall–Kier alpha value is -2.57.